The van der Waals surface area contributed by atoms with E-state index in [9.17, 15) is 9.59 Å². The molecule has 0 atom stereocenters. The molecule has 0 radical (unpaired) electrons. The van der Waals surface area contributed by atoms with Crippen molar-refractivity contribution in [1.29, 1.82) is 0 Å². The fourth-order valence-corrected chi connectivity index (χ4v) is 5.23. The number of nitrogens with zero attached hydrogens (tertiary/aromatic N) is 5. The molecule has 2 amide bonds. The Morgan fingerprint density at radius 2 is 1.78 bits per heavy atom. The lowest BCUT2D eigenvalue weighted by Crippen LogP contribution is -2.29. The summed E-state index contributed by atoms with van der Waals surface area (Å²) in [6.45, 7) is 0.713. The van der Waals surface area contributed by atoms with Crippen molar-refractivity contribution in [2.75, 3.05) is 18.5 Å². The van der Waals surface area contributed by atoms with E-state index in [1.54, 1.807) is 37.8 Å². The molecule has 9 heteroatoms. The lowest BCUT2D eigenvalue weighted by atomic mass is 10.1. The Morgan fingerprint density at radius 3 is 2.61 bits per heavy atom. The maximum atomic E-state index is 13.1. The number of pyridine rings is 2. The van der Waals surface area contributed by atoms with Crippen LogP contribution in [0.5, 0.6) is 11.5 Å². The van der Waals surface area contributed by atoms with Crippen molar-refractivity contribution >= 4 is 28.5 Å². The van der Waals surface area contributed by atoms with Gasteiger partial charge in [-0.3, -0.25) is 19.6 Å². The monoisotopic (exact) mass is 546 g/mol. The smallest absolute Gasteiger partial charge is 0.269 e. The number of anilines is 1. The first-order valence-corrected chi connectivity index (χ1v) is 13.6. The predicted molar refractivity (Wildman–Crippen MR) is 156 cm³/mol. The third kappa shape index (κ3) is 5.51. The van der Waals surface area contributed by atoms with Crippen molar-refractivity contribution in [3.05, 3.63) is 107 Å². The van der Waals surface area contributed by atoms with Crippen molar-refractivity contribution in [3.63, 3.8) is 0 Å². The van der Waals surface area contributed by atoms with E-state index in [4.69, 9.17) is 9.72 Å². The lowest BCUT2D eigenvalue weighted by Gasteiger charge is -2.18. The molecule has 6 rings (SSSR count). The molecular weight excluding hydrogens is 516 g/mol. The highest BCUT2D eigenvalue weighted by molar-refractivity contribution is 5.95. The average molecular weight is 547 g/mol. The van der Waals surface area contributed by atoms with Crippen molar-refractivity contribution in [3.8, 4) is 11.5 Å². The highest BCUT2D eigenvalue weighted by Gasteiger charge is 2.25. The fourth-order valence-electron chi connectivity index (χ4n) is 5.23. The Morgan fingerprint density at radius 1 is 0.951 bits per heavy atom. The van der Waals surface area contributed by atoms with Gasteiger partial charge in [-0.1, -0.05) is 12.1 Å². The van der Waals surface area contributed by atoms with Crippen LogP contribution in [0, 0.1) is 0 Å². The molecular formula is C32H30N6O3. The van der Waals surface area contributed by atoms with Gasteiger partial charge >= 0.3 is 0 Å². The molecule has 2 aromatic carbocycles. The zero-order valence-electron chi connectivity index (χ0n) is 23.0. The van der Waals surface area contributed by atoms with Crippen LogP contribution < -0.4 is 15.0 Å². The maximum Gasteiger partial charge on any atom is 0.269 e. The largest absolute Gasteiger partial charge is 0.457 e. The number of amides is 2. The Hall–Kier alpha value is -5.05. The summed E-state index contributed by atoms with van der Waals surface area (Å²) in [5.74, 6) is 1.92. The molecule has 4 heterocycles. The highest BCUT2D eigenvalue weighted by atomic mass is 16.5. The molecule has 1 N–H and O–H groups in total. The van der Waals surface area contributed by atoms with Crippen molar-refractivity contribution in [2.45, 2.75) is 25.7 Å². The molecule has 5 aromatic rings. The Balaban J connectivity index is 1.18. The van der Waals surface area contributed by atoms with Gasteiger partial charge in [0.25, 0.3) is 5.91 Å². The van der Waals surface area contributed by atoms with Gasteiger partial charge in [0, 0.05) is 69.9 Å². The van der Waals surface area contributed by atoms with Crippen LogP contribution in [-0.2, 0) is 31.1 Å². The first-order valence-electron chi connectivity index (χ1n) is 13.6. The normalized spacial score (nSPS) is 12.4. The van der Waals surface area contributed by atoms with Gasteiger partial charge in [-0.15, -0.1) is 0 Å². The molecule has 41 heavy (non-hydrogen) atoms. The molecule has 0 saturated carbocycles. The van der Waals surface area contributed by atoms with Gasteiger partial charge in [0.2, 0.25) is 5.91 Å². The van der Waals surface area contributed by atoms with E-state index >= 15 is 0 Å². The van der Waals surface area contributed by atoms with Gasteiger partial charge in [-0.2, -0.15) is 0 Å². The molecule has 1 aliphatic rings. The van der Waals surface area contributed by atoms with E-state index in [0.29, 0.717) is 37.3 Å². The molecule has 0 fully saturated rings. The van der Waals surface area contributed by atoms with Gasteiger partial charge in [0.15, 0.2) is 0 Å². The number of aryl methyl sites for hydroxylation is 2. The van der Waals surface area contributed by atoms with Gasteiger partial charge in [-0.25, -0.2) is 4.98 Å². The summed E-state index contributed by atoms with van der Waals surface area (Å²) in [5.41, 5.74) is 6.52. The van der Waals surface area contributed by atoms with Crippen LogP contribution in [0.4, 0.5) is 5.69 Å². The van der Waals surface area contributed by atoms with Gasteiger partial charge in [-0.05, 0) is 65.9 Å². The molecule has 9 nitrogen and oxygen atoms in total. The summed E-state index contributed by atoms with van der Waals surface area (Å²) < 4.78 is 8.10. The number of carbonyl (C=O) groups excluding carboxylic acids is 2. The second-order valence-corrected chi connectivity index (χ2v) is 10.1. The minimum Gasteiger partial charge on any atom is -0.457 e. The van der Waals surface area contributed by atoms with E-state index in [1.165, 1.54) is 5.56 Å². The van der Waals surface area contributed by atoms with Crippen LogP contribution in [0.1, 0.15) is 39.4 Å². The molecule has 0 bridgehead atoms. The quantitative estimate of drug-likeness (QED) is 0.305. The summed E-state index contributed by atoms with van der Waals surface area (Å²) in [4.78, 5) is 40.0. The van der Waals surface area contributed by atoms with Crippen LogP contribution in [0.15, 0.2) is 79.3 Å². The summed E-state index contributed by atoms with van der Waals surface area (Å²) >= 11 is 0. The van der Waals surface area contributed by atoms with E-state index in [2.05, 4.69) is 38.1 Å². The Labute approximate surface area is 237 Å². The van der Waals surface area contributed by atoms with Crippen molar-refractivity contribution < 1.29 is 14.3 Å². The molecule has 1 aliphatic heterocycles. The van der Waals surface area contributed by atoms with Crippen LogP contribution in [0.2, 0.25) is 0 Å². The molecule has 206 valence electrons. The van der Waals surface area contributed by atoms with Crippen molar-refractivity contribution in [2.24, 2.45) is 7.05 Å². The average Bonchev–Trinajstić information content (AvgIpc) is 3.56. The minimum atomic E-state index is -0.274. The Kier molecular flexibility index (Phi) is 7.16. The topological polar surface area (TPSA) is 102 Å². The van der Waals surface area contributed by atoms with Gasteiger partial charge < -0.3 is 19.5 Å². The number of imidazole rings is 1. The number of hydrogen-bond donors (Lipinski definition) is 1. The highest BCUT2D eigenvalue weighted by Crippen LogP contribution is 2.31. The second kappa shape index (κ2) is 11.2. The van der Waals surface area contributed by atoms with E-state index in [-0.39, 0.29) is 17.5 Å². The van der Waals surface area contributed by atoms with Crippen LogP contribution >= 0.6 is 0 Å². The molecule has 0 spiro atoms. The molecule has 3 aromatic heterocycles. The van der Waals surface area contributed by atoms with Crippen molar-refractivity contribution in [1.82, 2.24) is 24.8 Å². The number of ether oxygens (including phenoxy) is 1. The molecule has 0 saturated heterocycles. The lowest BCUT2D eigenvalue weighted by molar-refractivity contribution is -0.118. The number of aromatic nitrogens is 4. The fraction of sp³-hybridized carbons (Fsp3) is 0.219. The summed E-state index contributed by atoms with van der Waals surface area (Å²) in [6, 6.07) is 19.4. The number of fused-ring (bicyclic) bond motifs is 2. The first kappa shape index (κ1) is 26.2. The second-order valence-electron chi connectivity index (χ2n) is 10.1. The number of benzene rings is 2. The van der Waals surface area contributed by atoms with Crippen LogP contribution in [-0.4, -0.2) is 44.9 Å². The van der Waals surface area contributed by atoms with Crippen LogP contribution in [0.3, 0.4) is 0 Å². The standard InChI is InChI=1S/C32H30N6O3/c1-33-32(40)27-20-25(11-15-35-27)41-24-6-7-28-26(19-24)36-30(37(28)2)18-22-3-5-23-12-16-38(29(23)17-22)31(39)8-4-21-9-13-34-14-10-21/h3,5-7,9-11,13-15,17,19-20H,4,8,12,16,18H2,1-2H3,(H,33,40). The van der Waals surface area contributed by atoms with E-state index in [1.807, 2.05) is 42.3 Å². The molecule has 0 aliphatic carbocycles. The number of nitrogens with one attached hydrogen (secondary N) is 1. The predicted octanol–water partition coefficient (Wildman–Crippen LogP) is 4.63. The zero-order chi connectivity index (χ0) is 28.3. The SMILES string of the molecule is CNC(=O)c1cc(Oc2ccc3c(c2)nc(Cc2ccc4c(c2)N(C(=O)CCc2ccncc2)CC4)n3C)ccn1. The third-order valence-corrected chi connectivity index (χ3v) is 7.46. The van der Waals surface area contributed by atoms with E-state index in [0.717, 1.165) is 40.1 Å². The van der Waals surface area contributed by atoms with Crippen LogP contribution in [0.25, 0.3) is 11.0 Å². The number of rotatable bonds is 8. The molecule has 0 unspecified atom stereocenters. The van der Waals surface area contributed by atoms with Gasteiger partial charge in [0.1, 0.15) is 23.0 Å². The van der Waals surface area contributed by atoms with E-state index < -0.39 is 0 Å². The number of hydrogen-bond acceptors (Lipinski definition) is 6. The zero-order valence-corrected chi connectivity index (χ0v) is 23.0. The number of carbonyl (C=O) groups is 2. The summed E-state index contributed by atoms with van der Waals surface area (Å²) in [7, 11) is 3.57. The van der Waals surface area contributed by atoms with Gasteiger partial charge in [0.05, 0.1) is 11.0 Å². The minimum absolute atomic E-state index is 0.143. The summed E-state index contributed by atoms with van der Waals surface area (Å²) in [6.07, 6.45) is 7.74. The first-order chi connectivity index (χ1) is 20.0. The summed E-state index contributed by atoms with van der Waals surface area (Å²) in [5, 5.41) is 2.57. The third-order valence-electron chi connectivity index (χ3n) is 7.46. The Bertz CT molecular complexity index is 1750. The maximum absolute atomic E-state index is 13.1.